The summed E-state index contributed by atoms with van der Waals surface area (Å²) in [5, 5.41) is 60.8. The number of hydrogen-bond acceptors (Lipinski definition) is 13. The molecule has 4 rings (SSSR count). The highest BCUT2D eigenvalue weighted by molar-refractivity contribution is 5.80. The third-order valence-corrected chi connectivity index (χ3v) is 5.70. The molecule has 2 aromatic rings. The Balaban J connectivity index is 1.49. The molecule has 0 bridgehead atoms. The molecule has 13 heteroatoms. The molecular weight excluding hydrogens is 460 g/mol. The van der Waals surface area contributed by atoms with Gasteiger partial charge in [-0.3, -0.25) is 0 Å². The Morgan fingerprint density at radius 2 is 1.65 bits per heavy atom. The Hall–Kier alpha value is -2.33. The average Bonchev–Trinajstić information content (AvgIpc) is 2.82. The zero-order chi connectivity index (χ0) is 24.6. The zero-order valence-corrected chi connectivity index (χ0v) is 18.0. The predicted molar refractivity (Wildman–Crippen MR) is 110 cm³/mol. The van der Waals surface area contributed by atoms with E-state index in [1.165, 1.54) is 31.4 Å². The van der Waals surface area contributed by atoms with E-state index in [9.17, 15) is 35.4 Å². The highest BCUT2D eigenvalue weighted by atomic mass is 16.7. The number of aliphatic hydroxyl groups is 6. The molecule has 34 heavy (non-hydrogen) atoms. The third-order valence-electron chi connectivity index (χ3n) is 5.70. The SMILES string of the molecule is COc1cc2ccc(=O)oc2cc1O[C@@H]1O[C@@H](CO[C@@H]2OC[C@@H](O)[C@H](O)[C@@H]2O)[C@@H](O)[C@H](O)[C@@H]1O. The fourth-order valence-corrected chi connectivity index (χ4v) is 3.72. The van der Waals surface area contributed by atoms with Crippen LogP contribution in [-0.2, 0) is 14.2 Å². The Labute approximate surface area is 192 Å². The second-order valence-corrected chi connectivity index (χ2v) is 8.01. The van der Waals surface area contributed by atoms with Crippen LogP contribution < -0.4 is 15.1 Å². The molecule has 6 N–H and O–H groups in total. The predicted octanol–water partition coefficient (Wildman–Crippen LogP) is -2.56. The van der Waals surface area contributed by atoms with Gasteiger partial charge in [0.25, 0.3) is 0 Å². The van der Waals surface area contributed by atoms with Crippen LogP contribution in [0.4, 0.5) is 0 Å². The summed E-state index contributed by atoms with van der Waals surface area (Å²) < 4.78 is 32.2. The van der Waals surface area contributed by atoms with Crippen LogP contribution in [0.15, 0.2) is 33.5 Å². The van der Waals surface area contributed by atoms with Gasteiger partial charge in [-0.25, -0.2) is 4.79 Å². The summed E-state index contributed by atoms with van der Waals surface area (Å²) >= 11 is 0. The van der Waals surface area contributed by atoms with Crippen molar-refractivity contribution in [2.45, 2.75) is 55.3 Å². The molecule has 0 spiro atoms. The van der Waals surface area contributed by atoms with E-state index >= 15 is 0 Å². The molecule has 0 radical (unpaired) electrons. The van der Waals surface area contributed by atoms with Crippen LogP contribution in [0.25, 0.3) is 11.0 Å². The van der Waals surface area contributed by atoms with Crippen molar-refractivity contribution in [3.63, 3.8) is 0 Å². The fraction of sp³-hybridized carbons (Fsp3) is 0.571. The van der Waals surface area contributed by atoms with E-state index in [0.717, 1.165) is 0 Å². The fourth-order valence-electron chi connectivity index (χ4n) is 3.72. The molecule has 1 aromatic heterocycles. The molecule has 3 heterocycles. The summed E-state index contributed by atoms with van der Waals surface area (Å²) in [5.41, 5.74) is -0.406. The summed E-state index contributed by atoms with van der Waals surface area (Å²) in [6.45, 7) is -0.721. The maximum atomic E-state index is 11.5. The van der Waals surface area contributed by atoms with E-state index < -0.39 is 67.5 Å². The molecule has 0 saturated carbocycles. The highest BCUT2D eigenvalue weighted by Gasteiger charge is 2.46. The van der Waals surface area contributed by atoms with Gasteiger partial charge in [0.1, 0.15) is 48.3 Å². The number of methoxy groups -OCH3 is 1. The summed E-state index contributed by atoms with van der Waals surface area (Å²) in [6, 6.07) is 5.67. The van der Waals surface area contributed by atoms with Crippen molar-refractivity contribution in [3.8, 4) is 11.5 Å². The van der Waals surface area contributed by atoms with Crippen molar-refractivity contribution in [1.82, 2.24) is 0 Å². The highest BCUT2D eigenvalue weighted by Crippen LogP contribution is 2.34. The molecule has 1 aromatic carbocycles. The standard InChI is InChI=1S/C21H26O13/c1-29-11-4-8-2-3-14(23)32-10(8)5-12(11)33-21-19(28)17(26)16(25)13(34-21)7-31-20-18(27)15(24)9(22)6-30-20/h2-5,9,13,15-22,24-28H,6-7H2,1H3/t9-,13+,15+,16-,17+,18+,19+,20+,21-/m1/s1. The molecule has 188 valence electrons. The lowest BCUT2D eigenvalue weighted by molar-refractivity contribution is -0.307. The number of benzene rings is 1. The molecule has 0 aliphatic carbocycles. The van der Waals surface area contributed by atoms with Crippen LogP contribution in [0.1, 0.15) is 0 Å². The van der Waals surface area contributed by atoms with Crippen LogP contribution in [0.3, 0.4) is 0 Å². The number of ether oxygens (including phenoxy) is 5. The van der Waals surface area contributed by atoms with Crippen molar-refractivity contribution in [2.75, 3.05) is 20.3 Å². The van der Waals surface area contributed by atoms with Gasteiger partial charge in [0.05, 0.1) is 20.3 Å². The lowest BCUT2D eigenvalue weighted by Gasteiger charge is -2.41. The summed E-state index contributed by atoms with van der Waals surface area (Å²) in [5.74, 6) is 0.247. The number of fused-ring (bicyclic) bond motifs is 1. The molecular formula is C21H26O13. The first kappa shape index (κ1) is 24.8. The van der Waals surface area contributed by atoms with Gasteiger partial charge < -0.3 is 58.7 Å². The molecule has 2 fully saturated rings. The third kappa shape index (κ3) is 4.88. The summed E-state index contributed by atoms with van der Waals surface area (Å²) in [6.07, 6.45) is -13.4. The van der Waals surface area contributed by atoms with Crippen LogP contribution in [-0.4, -0.2) is 106 Å². The van der Waals surface area contributed by atoms with E-state index in [0.29, 0.717) is 5.39 Å². The lowest BCUT2D eigenvalue weighted by Crippen LogP contribution is -2.61. The first-order valence-electron chi connectivity index (χ1n) is 10.4. The topological polar surface area (TPSA) is 198 Å². The van der Waals surface area contributed by atoms with Gasteiger partial charge in [0, 0.05) is 17.5 Å². The molecule has 2 aliphatic rings. The van der Waals surface area contributed by atoms with Crippen molar-refractivity contribution in [1.29, 1.82) is 0 Å². The molecule has 2 aliphatic heterocycles. The van der Waals surface area contributed by atoms with Gasteiger partial charge in [0.15, 0.2) is 17.8 Å². The van der Waals surface area contributed by atoms with E-state index in [1.807, 2.05) is 0 Å². The molecule has 0 unspecified atom stereocenters. The normalized spacial score (nSPS) is 36.4. The van der Waals surface area contributed by atoms with Gasteiger partial charge in [-0.1, -0.05) is 0 Å². The second kappa shape index (κ2) is 10.1. The van der Waals surface area contributed by atoms with E-state index in [2.05, 4.69) is 0 Å². The zero-order valence-electron chi connectivity index (χ0n) is 18.0. The number of rotatable bonds is 6. The summed E-state index contributed by atoms with van der Waals surface area (Å²) in [4.78, 5) is 11.5. The smallest absolute Gasteiger partial charge is 0.336 e. The van der Waals surface area contributed by atoms with E-state index in [1.54, 1.807) is 0 Å². The van der Waals surface area contributed by atoms with Gasteiger partial charge in [-0.2, -0.15) is 0 Å². The van der Waals surface area contributed by atoms with E-state index in [4.69, 9.17) is 28.1 Å². The Morgan fingerprint density at radius 1 is 0.912 bits per heavy atom. The summed E-state index contributed by atoms with van der Waals surface area (Å²) in [7, 11) is 1.38. The van der Waals surface area contributed by atoms with Gasteiger partial charge in [0.2, 0.25) is 6.29 Å². The quantitative estimate of drug-likeness (QED) is 0.233. The van der Waals surface area contributed by atoms with Crippen molar-refractivity contribution >= 4 is 11.0 Å². The number of hydrogen-bond donors (Lipinski definition) is 6. The first-order chi connectivity index (χ1) is 16.2. The first-order valence-corrected chi connectivity index (χ1v) is 10.4. The lowest BCUT2D eigenvalue weighted by atomic mass is 9.99. The van der Waals surface area contributed by atoms with Gasteiger partial charge in [-0.05, 0) is 12.1 Å². The van der Waals surface area contributed by atoms with Gasteiger partial charge >= 0.3 is 5.63 Å². The minimum absolute atomic E-state index is 0.0276. The number of aliphatic hydroxyl groups excluding tert-OH is 6. The Morgan fingerprint density at radius 3 is 2.38 bits per heavy atom. The van der Waals surface area contributed by atoms with Crippen LogP contribution in [0.2, 0.25) is 0 Å². The monoisotopic (exact) mass is 486 g/mol. The minimum atomic E-state index is -1.69. The Bertz CT molecular complexity index is 1040. The molecule has 2 saturated heterocycles. The van der Waals surface area contributed by atoms with Crippen LogP contribution in [0, 0.1) is 0 Å². The molecule has 9 atom stereocenters. The van der Waals surface area contributed by atoms with E-state index in [-0.39, 0.29) is 23.7 Å². The maximum Gasteiger partial charge on any atom is 0.336 e. The Kier molecular flexibility index (Phi) is 7.37. The molecule has 13 nitrogen and oxygen atoms in total. The average molecular weight is 486 g/mol. The molecule has 0 amide bonds. The van der Waals surface area contributed by atoms with Gasteiger partial charge in [-0.15, -0.1) is 0 Å². The van der Waals surface area contributed by atoms with Crippen molar-refractivity contribution in [2.24, 2.45) is 0 Å². The van der Waals surface area contributed by atoms with Crippen LogP contribution >= 0.6 is 0 Å². The van der Waals surface area contributed by atoms with Crippen molar-refractivity contribution in [3.05, 3.63) is 34.7 Å². The van der Waals surface area contributed by atoms with Crippen molar-refractivity contribution < 1.29 is 58.7 Å². The van der Waals surface area contributed by atoms with Crippen LogP contribution in [0.5, 0.6) is 11.5 Å². The maximum absolute atomic E-state index is 11.5. The second-order valence-electron chi connectivity index (χ2n) is 8.01. The minimum Gasteiger partial charge on any atom is -0.493 e. The largest absolute Gasteiger partial charge is 0.493 e.